The van der Waals surface area contributed by atoms with Crippen LogP contribution >= 0.6 is 11.6 Å². The maximum Gasteiger partial charge on any atom is 0.135 e. The van der Waals surface area contributed by atoms with Crippen molar-refractivity contribution >= 4 is 17.4 Å². The fourth-order valence-corrected chi connectivity index (χ4v) is 3.99. The summed E-state index contributed by atoms with van der Waals surface area (Å²) in [4.78, 5) is 6.70. The number of hydrogen-bond acceptors (Lipinski definition) is 3. The highest BCUT2D eigenvalue weighted by Crippen LogP contribution is 2.31. The molecule has 5 heteroatoms. The SMILES string of the molecule is OCc1c(Cl)ccnc1N1CCn2c(cc3c2CCCC3)C1. The fourth-order valence-electron chi connectivity index (χ4n) is 3.79. The van der Waals surface area contributed by atoms with Gasteiger partial charge in [-0.1, -0.05) is 11.6 Å². The zero-order valence-corrected chi connectivity index (χ0v) is 13.3. The monoisotopic (exact) mass is 317 g/mol. The molecule has 0 amide bonds. The van der Waals surface area contributed by atoms with E-state index in [9.17, 15) is 5.11 Å². The molecule has 0 unspecified atom stereocenters. The molecule has 0 radical (unpaired) electrons. The maximum absolute atomic E-state index is 9.60. The van der Waals surface area contributed by atoms with Gasteiger partial charge in [-0.15, -0.1) is 0 Å². The van der Waals surface area contributed by atoms with Crippen molar-refractivity contribution in [1.82, 2.24) is 9.55 Å². The molecule has 0 bridgehead atoms. The quantitative estimate of drug-likeness (QED) is 0.926. The maximum atomic E-state index is 9.60. The van der Waals surface area contributed by atoms with Gasteiger partial charge in [-0.05, 0) is 43.4 Å². The molecule has 2 aromatic rings. The number of aryl methyl sites for hydroxylation is 1. The number of nitrogens with zero attached hydrogens (tertiary/aromatic N) is 3. The van der Waals surface area contributed by atoms with E-state index in [0.717, 1.165) is 31.0 Å². The van der Waals surface area contributed by atoms with Gasteiger partial charge in [0.05, 0.1) is 18.2 Å². The van der Waals surface area contributed by atoms with E-state index in [1.807, 2.05) is 0 Å². The summed E-state index contributed by atoms with van der Waals surface area (Å²) in [7, 11) is 0. The predicted molar refractivity (Wildman–Crippen MR) is 87.3 cm³/mol. The Morgan fingerprint density at radius 3 is 2.95 bits per heavy atom. The lowest BCUT2D eigenvalue weighted by atomic mass is 9.98. The van der Waals surface area contributed by atoms with Crippen LogP contribution in [-0.4, -0.2) is 21.2 Å². The summed E-state index contributed by atoms with van der Waals surface area (Å²) in [6.07, 6.45) is 6.77. The normalized spacial score (nSPS) is 17.3. The number of aromatic nitrogens is 2. The second-order valence-electron chi connectivity index (χ2n) is 6.14. The minimum atomic E-state index is -0.0734. The number of anilines is 1. The number of aliphatic hydroxyl groups excluding tert-OH is 1. The Morgan fingerprint density at radius 1 is 1.23 bits per heavy atom. The number of pyridine rings is 1. The largest absolute Gasteiger partial charge is 0.391 e. The van der Waals surface area contributed by atoms with Crippen LogP contribution in [0, 0.1) is 0 Å². The summed E-state index contributed by atoms with van der Waals surface area (Å²) in [5.74, 6) is 0.820. The van der Waals surface area contributed by atoms with Gasteiger partial charge in [-0.25, -0.2) is 4.98 Å². The number of halogens is 1. The van der Waals surface area contributed by atoms with Crippen molar-refractivity contribution in [2.24, 2.45) is 0 Å². The summed E-state index contributed by atoms with van der Waals surface area (Å²) < 4.78 is 2.49. The van der Waals surface area contributed by atoms with E-state index in [-0.39, 0.29) is 6.61 Å². The molecule has 0 aromatic carbocycles. The molecule has 0 fully saturated rings. The highest BCUT2D eigenvalue weighted by Gasteiger charge is 2.25. The lowest BCUT2D eigenvalue weighted by Crippen LogP contribution is -2.35. The molecule has 0 saturated heterocycles. The highest BCUT2D eigenvalue weighted by molar-refractivity contribution is 6.31. The summed E-state index contributed by atoms with van der Waals surface area (Å²) in [6.45, 7) is 2.67. The smallest absolute Gasteiger partial charge is 0.135 e. The van der Waals surface area contributed by atoms with Crippen molar-refractivity contribution in [2.45, 2.75) is 45.4 Å². The molecule has 2 aromatic heterocycles. The van der Waals surface area contributed by atoms with E-state index in [1.165, 1.54) is 36.9 Å². The summed E-state index contributed by atoms with van der Waals surface area (Å²) in [6, 6.07) is 4.10. The lowest BCUT2D eigenvalue weighted by molar-refractivity contribution is 0.281. The minimum absolute atomic E-state index is 0.0734. The van der Waals surface area contributed by atoms with Gasteiger partial charge in [-0.2, -0.15) is 0 Å². The Hall–Kier alpha value is -1.52. The molecule has 0 atom stereocenters. The zero-order chi connectivity index (χ0) is 15.1. The van der Waals surface area contributed by atoms with Crippen LogP contribution in [0.5, 0.6) is 0 Å². The molecule has 3 heterocycles. The van der Waals surface area contributed by atoms with Crippen LogP contribution in [-0.2, 0) is 32.5 Å². The number of fused-ring (bicyclic) bond motifs is 3. The molecule has 116 valence electrons. The Morgan fingerprint density at radius 2 is 2.09 bits per heavy atom. The van der Waals surface area contributed by atoms with Crippen LogP contribution in [0.25, 0.3) is 0 Å². The van der Waals surface area contributed by atoms with E-state index < -0.39 is 0 Å². The van der Waals surface area contributed by atoms with Crippen molar-refractivity contribution in [3.8, 4) is 0 Å². The van der Waals surface area contributed by atoms with Gasteiger partial charge < -0.3 is 14.6 Å². The minimum Gasteiger partial charge on any atom is -0.391 e. The molecule has 4 nitrogen and oxygen atoms in total. The van der Waals surface area contributed by atoms with E-state index >= 15 is 0 Å². The van der Waals surface area contributed by atoms with Crippen LogP contribution in [0.4, 0.5) is 5.82 Å². The average Bonchev–Trinajstić information content (AvgIpc) is 2.92. The second kappa shape index (κ2) is 5.60. The molecule has 4 rings (SSSR count). The summed E-state index contributed by atoms with van der Waals surface area (Å²) >= 11 is 6.20. The highest BCUT2D eigenvalue weighted by atomic mass is 35.5. The van der Waals surface area contributed by atoms with Crippen molar-refractivity contribution in [1.29, 1.82) is 0 Å². The molecule has 22 heavy (non-hydrogen) atoms. The third kappa shape index (κ3) is 2.22. The van der Waals surface area contributed by atoms with Crippen LogP contribution < -0.4 is 4.90 Å². The number of rotatable bonds is 2. The van der Waals surface area contributed by atoms with Gasteiger partial charge in [0, 0.05) is 36.2 Å². The third-order valence-corrected chi connectivity index (χ3v) is 5.23. The van der Waals surface area contributed by atoms with E-state index in [2.05, 4.69) is 20.5 Å². The summed E-state index contributed by atoms with van der Waals surface area (Å²) in [5.41, 5.74) is 5.17. The third-order valence-electron chi connectivity index (χ3n) is 4.87. The number of hydrogen-bond donors (Lipinski definition) is 1. The molecule has 0 spiro atoms. The molecular formula is C17H20ClN3O. The Labute approximate surface area is 135 Å². The zero-order valence-electron chi connectivity index (χ0n) is 12.6. The molecule has 1 aliphatic carbocycles. The van der Waals surface area contributed by atoms with Crippen molar-refractivity contribution in [3.05, 3.63) is 45.9 Å². The van der Waals surface area contributed by atoms with Crippen LogP contribution in [0.1, 0.15) is 35.4 Å². The molecule has 1 N–H and O–H groups in total. The molecule has 0 saturated carbocycles. The van der Waals surface area contributed by atoms with Crippen LogP contribution in [0.3, 0.4) is 0 Å². The van der Waals surface area contributed by atoms with Crippen molar-refractivity contribution in [3.63, 3.8) is 0 Å². The van der Waals surface area contributed by atoms with Gasteiger partial charge in [0.15, 0.2) is 0 Å². The first-order valence-corrected chi connectivity index (χ1v) is 8.35. The Kier molecular flexibility index (Phi) is 3.59. The first-order valence-electron chi connectivity index (χ1n) is 7.97. The fraction of sp³-hybridized carbons (Fsp3) is 0.471. The van der Waals surface area contributed by atoms with Crippen LogP contribution in [0.2, 0.25) is 5.02 Å². The Bertz CT molecular complexity index is 710. The van der Waals surface area contributed by atoms with Gasteiger partial charge in [0.2, 0.25) is 0 Å². The molecular weight excluding hydrogens is 298 g/mol. The van der Waals surface area contributed by atoms with Crippen LogP contribution in [0.15, 0.2) is 18.3 Å². The van der Waals surface area contributed by atoms with E-state index in [0.29, 0.717) is 5.02 Å². The van der Waals surface area contributed by atoms with Gasteiger partial charge in [-0.3, -0.25) is 0 Å². The molecule has 1 aliphatic heterocycles. The van der Waals surface area contributed by atoms with E-state index in [1.54, 1.807) is 18.0 Å². The first kappa shape index (κ1) is 14.1. The van der Waals surface area contributed by atoms with Gasteiger partial charge >= 0.3 is 0 Å². The predicted octanol–water partition coefficient (Wildman–Crippen LogP) is 2.93. The van der Waals surface area contributed by atoms with Gasteiger partial charge in [0.1, 0.15) is 5.82 Å². The Balaban J connectivity index is 1.68. The van der Waals surface area contributed by atoms with E-state index in [4.69, 9.17) is 11.6 Å². The second-order valence-corrected chi connectivity index (χ2v) is 6.55. The average molecular weight is 318 g/mol. The topological polar surface area (TPSA) is 41.3 Å². The summed E-state index contributed by atoms with van der Waals surface area (Å²) in [5, 5.41) is 10.2. The van der Waals surface area contributed by atoms with Gasteiger partial charge in [0.25, 0.3) is 0 Å². The molecule has 2 aliphatic rings. The first-order chi connectivity index (χ1) is 10.8. The van der Waals surface area contributed by atoms with Crippen molar-refractivity contribution in [2.75, 3.05) is 11.4 Å². The lowest BCUT2D eigenvalue weighted by Gasteiger charge is -2.32. The standard InChI is InChI=1S/C17H20ClN3O/c18-15-5-6-19-17(14(15)11-22)20-7-8-21-13(10-20)9-12-3-1-2-4-16(12)21/h5-6,9,22H,1-4,7-8,10-11H2. The number of aliphatic hydroxyl groups is 1. The van der Waals surface area contributed by atoms with Crippen molar-refractivity contribution < 1.29 is 5.11 Å².